The molecule has 1 fully saturated rings. The van der Waals surface area contributed by atoms with Gasteiger partial charge in [0, 0.05) is 36.9 Å². The Bertz CT molecular complexity index is 1090. The largest absolute Gasteiger partial charge is 0.477 e. The molecule has 0 amide bonds. The summed E-state index contributed by atoms with van der Waals surface area (Å²) in [5.74, 6) is -1.92. The molecule has 3 aromatic heterocycles. The molecule has 0 aliphatic carbocycles. The molecule has 28 heavy (non-hydrogen) atoms. The molecule has 4 rings (SSSR count). The number of fused-ring (bicyclic) bond motifs is 1. The zero-order valence-corrected chi connectivity index (χ0v) is 16.2. The molecule has 148 valence electrons. The quantitative estimate of drug-likeness (QED) is 0.653. The molecule has 1 aliphatic heterocycles. The van der Waals surface area contributed by atoms with Crippen molar-refractivity contribution in [3.8, 4) is 0 Å². The van der Waals surface area contributed by atoms with E-state index in [2.05, 4.69) is 9.97 Å². The predicted octanol–water partition coefficient (Wildman–Crippen LogP) is 1.70. The van der Waals surface area contributed by atoms with Crippen molar-refractivity contribution in [2.45, 2.75) is 19.0 Å². The van der Waals surface area contributed by atoms with E-state index in [1.807, 2.05) is 0 Å². The second-order valence-corrected chi connectivity index (χ2v) is 7.37. The fourth-order valence-corrected chi connectivity index (χ4v) is 3.84. The van der Waals surface area contributed by atoms with E-state index in [-0.39, 0.29) is 41.8 Å². The maximum Gasteiger partial charge on any atom is 0.341 e. The minimum Gasteiger partial charge on any atom is -0.477 e. The third-order valence-electron chi connectivity index (χ3n) is 4.53. The molecule has 3 N–H and O–H groups in total. The first kappa shape index (κ1) is 20.2. The van der Waals surface area contributed by atoms with E-state index in [9.17, 15) is 19.1 Å². The molecular formula is C17H17ClFN5O3S. The fourth-order valence-electron chi connectivity index (χ4n) is 3.23. The molecule has 4 heterocycles. The average molecular weight is 426 g/mol. The smallest absolute Gasteiger partial charge is 0.341 e. The average Bonchev–Trinajstić information content (AvgIpc) is 3.28. The van der Waals surface area contributed by atoms with Gasteiger partial charge in [0.1, 0.15) is 16.2 Å². The number of rotatable bonds is 4. The van der Waals surface area contributed by atoms with Crippen molar-refractivity contribution in [2.24, 2.45) is 5.73 Å². The maximum absolute atomic E-state index is 14.7. The summed E-state index contributed by atoms with van der Waals surface area (Å²) in [6, 6.07) is 1.00. The summed E-state index contributed by atoms with van der Waals surface area (Å²) in [7, 11) is 0. The van der Waals surface area contributed by atoms with Crippen molar-refractivity contribution in [2.75, 3.05) is 18.0 Å². The highest BCUT2D eigenvalue weighted by Gasteiger charge is 2.25. The van der Waals surface area contributed by atoms with Crippen LogP contribution in [0.4, 0.5) is 10.2 Å². The first-order valence-corrected chi connectivity index (χ1v) is 9.18. The Balaban J connectivity index is 0.00000225. The van der Waals surface area contributed by atoms with E-state index >= 15 is 0 Å². The maximum atomic E-state index is 14.7. The number of aromatic nitrogens is 3. The molecule has 3 aromatic rings. The van der Waals surface area contributed by atoms with Gasteiger partial charge in [-0.1, -0.05) is 0 Å². The van der Waals surface area contributed by atoms with Crippen molar-refractivity contribution in [1.82, 2.24) is 14.5 Å². The summed E-state index contributed by atoms with van der Waals surface area (Å²) in [5.41, 5.74) is 4.93. The van der Waals surface area contributed by atoms with Crippen LogP contribution in [0, 0.1) is 5.82 Å². The minimum absolute atomic E-state index is 0. The van der Waals surface area contributed by atoms with Gasteiger partial charge in [0.2, 0.25) is 5.43 Å². The Morgan fingerprint density at radius 3 is 2.86 bits per heavy atom. The van der Waals surface area contributed by atoms with Crippen molar-refractivity contribution < 1.29 is 14.3 Å². The van der Waals surface area contributed by atoms with Crippen LogP contribution in [0.2, 0.25) is 0 Å². The van der Waals surface area contributed by atoms with E-state index in [0.717, 1.165) is 12.5 Å². The molecule has 1 saturated heterocycles. The van der Waals surface area contributed by atoms with E-state index in [1.165, 1.54) is 22.1 Å². The number of hydrogen-bond acceptors (Lipinski definition) is 7. The highest BCUT2D eigenvalue weighted by Crippen LogP contribution is 2.25. The number of pyridine rings is 2. The standard InChI is InChI=1S/C17H16FN5O3S.ClH/c18-12-5-10-14(24)11(17(25)26)7-23(8-13-20-2-4-27-13)15(10)21-16(12)22-3-1-9(19)6-22;/h2,4-5,7,9H,1,3,6,8,19H2,(H,25,26);1H. The number of nitrogens with two attached hydrogens (primary N) is 1. The molecule has 8 nitrogen and oxygen atoms in total. The molecule has 0 spiro atoms. The number of carboxylic acid groups (broad SMARTS) is 1. The van der Waals surface area contributed by atoms with Gasteiger partial charge in [-0.05, 0) is 12.5 Å². The van der Waals surface area contributed by atoms with Gasteiger partial charge in [0.25, 0.3) is 0 Å². The Morgan fingerprint density at radius 2 is 2.25 bits per heavy atom. The van der Waals surface area contributed by atoms with Crippen LogP contribution >= 0.6 is 23.7 Å². The topological polar surface area (TPSA) is 114 Å². The van der Waals surface area contributed by atoms with Crippen LogP contribution in [0.1, 0.15) is 21.8 Å². The first-order valence-electron chi connectivity index (χ1n) is 8.30. The van der Waals surface area contributed by atoms with Crippen LogP contribution in [0.3, 0.4) is 0 Å². The summed E-state index contributed by atoms with van der Waals surface area (Å²) in [5, 5.41) is 11.8. The second kappa shape index (κ2) is 7.82. The highest BCUT2D eigenvalue weighted by molar-refractivity contribution is 7.09. The number of hydrogen-bond donors (Lipinski definition) is 2. The van der Waals surface area contributed by atoms with E-state index < -0.39 is 22.8 Å². The van der Waals surface area contributed by atoms with Gasteiger partial charge in [-0.25, -0.2) is 19.2 Å². The van der Waals surface area contributed by atoms with Crippen molar-refractivity contribution in [3.63, 3.8) is 0 Å². The normalized spacial score (nSPS) is 16.4. The Hall–Kier alpha value is -2.56. The summed E-state index contributed by atoms with van der Waals surface area (Å²) in [6.07, 6.45) is 3.59. The highest BCUT2D eigenvalue weighted by atomic mass is 35.5. The zero-order valence-electron chi connectivity index (χ0n) is 14.5. The zero-order chi connectivity index (χ0) is 19.1. The van der Waals surface area contributed by atoms with Crippen molar-refractivity contribution in [1.29, 1.82) is 0 Å². The second-order valence-electron chi connectivity index (χ2n) is 6.39. The van der Waals surface area contributed by atoms with Gasteiger partial charge in [0.15, 0.2) is 11.6 Å². The minimum atomic E-state index is -1.37. The molecule has 1 atom stereocenters. The van der Waals surface area contributed by atoms with Crippen LogP contribution in [0.15, 0.2) is 28.6 Å². The summed E-state index contributed by atoms with van der Waals surface area (Å²) < 4.78 is 16.2. The van der Waals surface area contributed by atoms with E-state index in [1.54, 1.807) is 16.5 Å². The molecule has 1 unspecified atom stereocenters. The monoisotopic (exact) mass is 425 g/mol. The number of thiazole rings is 1. The lowest BCUT2D eigenvalue weighted by molar-refractivity contribution is 0.0695. The summed E-state index contributed by atoms with van der Waals surface area (Å²) in [6.45, 7) is 1.27. The number of carbonyl (C=O) groups is 1. The fraction of sp³-hybridized carbons (Fsp3) is 0.294. The lowest BCUT2D eigenvalue weighted by Crippen LogP contribution is -2.28. The number of carboxylic acids is 1. The number of aromatic carboxylic acids is 1. The Kier molecular flexibility index (Phi) is 5.64. The summed E-state index contributed by atoms with van der Waals surface area (Å²) >= 11 is 1.39. The van der Waals surface area contributed by atoms with Crippen LogP contribution in [0.5, 0.6) is 0 Å². The van der Waals surface area contributed by atoms with Gasteiger partial charge in [-0.2, -0.15) is 0 Å². The molecule has 0 bridgehead atoms. The molecule has 1 aliphatic rings. The van der Waals surface area contributed by atoms with Gasteiger partial charge < -0.3 is 20.3 Å². The summed E-state index contributed by atoms with van der Waals surface area (Å²) in [4.78, 5) is 34.3. The molecule has 11 heteroatoms. The van der Waals surface area contributed by atoms with Crippen LogP contribution in [-0.4, -0.2) is 44.7 Å². The van der Waals surface area contributed by atoms with Gasteiger partial charge >= 0.3 is 5.97 Å². The third kappa shape index (κ3) is 3.58. The number of anilines is 1. The van der Waals surface area contributed by atoms with Gasteiger partial charge in [-0.3, -0.25) is 4.79 Å². The van der Waals surface area contributed by atoms with Crippen LogP contribution < -0.4 is 16.1 Å². The SMILES string of the molecule is Cl.NC1CCN(c2nc3c(cc2F)c(=O)c(C(=O)O)cn3Cc2nccs2)C1. The molecule has 0 aromatic carbocycles. The van der Waals surface area contributed by atoms with Gasteiger partial charge in [-0.15, -0.1) is 23.7 Å². The van der Waals surface area contributed by atoms with Crippen LogP contribution in [0.25, 0.3) is 11.0 Å². The van der Waals surface area contributed by atoms with E-state index in [4.69, 9.17) is 5.73 Å². The van der Waals surface area contributed by atoms with Crippen molar-refractivity contribution >= 4 is 46.6 Å². The number of nitrogens with zero attached hydrogens (tertiary/aromatic N) is 4. The Labute approximate surface area is 168 Å². The molecule has 0 saturated carbocycles. The lowest BCUT2D eigenvalue weighted by atomic mass is 10.2. The first-order chi connectivity index (χ1) is 12.9. The number of halogens is 2. The Morgan fingerprint density at radius 1 is 1.46 bits per heavy atom. The lowest BCUT2D eigenvalue weighted by Gasteiger charge is -2.19. The van der Waals surface area contributed by atoms with Crippen molar-refractivity contribution in [3.05, 3.63) is 50.5 Å². The predicted molar refractivity (Wildman–Crippen MR) is 106 cm³/mol. The van der Waals surface area contributed by atoms with Gasteiger partial charge in [0.05, 0.1) is 11.9 Å². The third-order valence-corrected chi connectivity index (χ3v) is 5.29. The molecule has 0 radical (unpaired) electrons. The van der Waals surface area contributed by atoms with E-state index in [0.29, 0.717) is 18.1 Å². The van der Waals surface area contributed by atoms with Crippen LogP contribution in [-0.2, 0) is 6.54 Å². The molecular weight excluding hydrogens is 409 g/mol.